The number of halogens is 2. The van der Waals surface area contributed by atoms with E-state index in [0.717, 1.165) is 38.2 Å². The van der Waals surface area contributed by atoms with Crippen LogP contribution in [-0.2, 0) is 9.53 Å². The number of amides is 2. The summed E-state index contributed by atoms with van der Waals surface area (Å²) in [4.78, 5) is 46.1. The molecule has 2 fully saturated rings. The van der Waals surface area contributed by atoms with Crippen LogP contribution in [0.3, 0.4) is 0 Å². The third kappa shape index (κ3) is 5.82. The molecule has 1 atom stereocenters. The van der Waals surface area contributed by atoms with Gasteiger partial charge in [0.25, 0.3) is 5.91 Å². The van der Waals surface area contributed by atoms with Crippen molar-refractivity contribution in [3.8, 4) is 0 Å². The molecule has 0 spiro atoms. The Labute approximate surface area is 230 Å². The highest BCUT2D eigenvalue weighted by atomic mass is 35.5. The molecule has 2 saturated heterocycles. The largest absolute Gasteiger partial charge is 0.381 e. The molecule has 3 aromatic rings. The van der Waals surface area contributed by atoms with Gasteiger partial charge in [0.2, 0.25) is 11.5 Å². The van der Waals surface area contributed by atoms with Crippen LogP contribution < -0.4 is 15.8 Å². The highest BCUT2D eigenvalue weighted by molar-refractivity contribution is 6.42. The van der Waals surface area contributed by atoms with Crippen molar-refractivity contribution in [1.29, 1.82) is 0 Å². The number of nitrogens with one attached hydrogen (secondary N) is 2. The van der Waals surface area contributed by atoms with Crippen molar-refractivity contribution in [2.75, 3.05) is 44.3 Å². The number of aromatic amines is 1. The lowest BCUT2D eigenvalue weighted by atomic mass is 9.96. The quantitative estimate of drug-likeness (QED) is 0.476. The predicted molar refractivity (Wildman–Crippen MR) is 149 cm³/mol. The van der Waals surface area contributed by atoms with Gasteiger partial charge in [0, 0.05) is 62.0 Å². The highest BCUT2D eigenvalue weighted by Crippen LogP contribution is 2.29. The number of carbonyl (C=O) groups is 2. The van der Waals surface area contributed by atoms with Crippen LogP contribution in [0.2, 0.25) is 10.0 Å². The molecule has 5 rings (SSSR count). The lowest BCUT2D eigenvalue weighted by molar-refractivity contribution is -0.125. The highest BCUT2D eigenvalue weighted by Gasteiger charge is 2.36. The second-order valence-corrected chi connectivity index (χ2v) is 10.6. The molecule has 2 aromatic carbocycles. The van der Waals surface area contributed by atoms with E-state index in [1.807, 2.05) is 17.0 Å². The molecule has 2 amide bonds. The van der Waals surface area contributed by atoms with Crippen molar-refractivity contribution in [3.63, 3.8) is 0 Å². The number of fused-ring (bicyclic) bond motifs is 1. The van der Waals surface area contributed by atoms with E-state index in [2.05, 4.69) is 10.3 Å². The molecule has 0 bridgehead atoms. The second-order valence-electron chi connectivity index (χ2n) is 9.79. The van der Waals surface area contributed by atoms with Crippen LogP contribution in [-0.4, -0.2) is 67.1 Å². The smallest absolute Gasteiger partial charge is 0.255 e. The van der Waals surface area contributed by atoms with E-state index in [4.69, 9.17) is 27.9 Å². The average molecular weight is 557 g/mol. The Morgan fingerprint density at radius 1 is 1.03 bits per heavy atom. The van der Waals surface area contributed by atoms with E-state index in [0.29, 0.717) is 46.5 Å². The summed E-state index contributed by atoms with van der Waals surface area (Å²) in [7, 11) is 0. The van der Waals surface area contributed by atoms with E-state index in [1.165, 1.54) is 6.07 Å². The Hall–Kier alpha value is -3.07. The number of aromatic nitrogens is 1. The second kappa shape index (κ2) is 11.8. The normalized spacial score (nSPS) is 18.5. The van der Waals surface area contributed by atoms with Crippen molar-refractivity contribution in [3.05, 3.63) is 74.5 Å². The molecule has 200 valence electrons. The first-order chi connectivity index (χ1) is 18.4. The summed E-state index contributed by atoms with van der Waals surface area (Å²) in [5.41, 5.74) is 1.33. The molecular weight excluding hydrogens is 527 g/mol. The van der Waals surface area contributed by atoms with Crippen molar-refractivity contribution in [2.45, 2.75) is 25.3 Å². The molecule has 2 N–H and O–H groups in total. The van der Waals surface area contributed by atoms with Crippen LogP contribution in [0.25, 0.3) is 10.9 Å². The molecular formula is C28H30Cl2N4O4. The Balaban J connectivity index is 1.39. The van der Waals surface area contributed by atoms with Gasteiger partial charge in [-0.2, -0.15) is 0 Å². The van der Waals surface area contributed by atoms with Gasteiger partial charge in [0.15, 0.2) is 0 Å². The maximum Gasteiger partial charge on any atom is 0.255 e. The first kappa shape index (κ1) is 26.5. The summed E-state index contributed by atoms with van der Waals surface area (Å²) in [6.45, 7) is 3.13. The van der Waals surface area contributed by atoms with Crippen LogP contribution in [0.5, 0.6) is 0 Å². The summed E-state index contributed by atoms with van der Waals surface area (Å²) < 4.78 is 5.43. The Morgan fingerprint density at radius 2 is 1.82 bits per heavy atom. The number of benzene rings is 2. The number of para-hydroxylation sites is 1. The summed E-state index contributed by atoms with van der Waals surface area (Å²) in [6.07, 6.45) is 2.85. The van der Waals surface area contributed by atoms with Crippen LogP contribution in [0.4, 0.5) is 5.69 Å². The van der Waals surface area contributed by atoms with Crippen molar-refractivity contribution >= 4 is 51.6 Å². The average Bonchev–Trinajstić information content (AvgIpc) is 2.94. The van der Waals surface area contributed by atoms with E-state index in [9.17, 15) is 14.4 Å². The molecule has 2 aliphatic heterocycles. The zero-order valence-corrected chi connectivity index (χ0v) is 22.4. The number of nitrogens with zero attached hydrogens (tertiary/aromatic N) is 2. The van der Waals surface area contributed by atoms with E-state index in [-0.39, 0.29) is 29.5 Å². The first-order valence-corrected chi connectivity index (χ1v) is 13.6. The first-order valence-electron chi connectivity index (χ1n) is 12.9. The van der Waals surface area contributed by atoms with E-state index in [1.54, 1.807) is 35.2 Å². The number of piperazine rings is 1. The van der Waals surface area contributed by atoms with Crippen LogP contribution >= 0.6 is 23.2 Å². The molecule has 1 aromatic heterocycles. The van der Waals surface area contributed by atoms with Crippen molar-refractivity contribution < 1.29 is 14.3 Å². The number of ether oxygens (including phenoxy) is 1. The van der Waals surface area contributed by atoms with Crippen LogP contribution in [0.1, 0.15) is 29.6 Å². The number of carbonyl (C=O) groups excluding carboxylic acids is 2. The number of hydrogen-bond donors (Lipinski definition) is 2. The summed E-state index contributed by atoms with van der Waals surface area (Å²) in [6, 6.07) is 13.1. The van der Waals surface area contributed by atoms with Crippen LogP contribution in [0, 0.1) is 5.92 Å². The molecule has 0 aliphatic carbocycles. The van der Waals surface area contributed by atoms with Gasteiger partial charge in [-0.15, -0.1) is 0 Å². The van der Waals surface area contributed by atoms with Gasteiger partial charge in [0.05, 0.1) is 15.6 Å². The van der Waals surface area contributed by atoms with Crippen LogP contribution in [0.15, 0.2) is 53.3 Å². The van der Waals surface area contributed by atoms with Gasteiger partial charge >= 0.3 is 0 Å². The third-order valence-electron chi connectivity index (χ3n) is 7.39. The van der Waals surface area contributed by atoms with Gasteiger partial charge in [-0.3, -0.25) is 14.4 Å². The summed E-state index contributed by atoms with van der Waals surface area (Å²) >= 11 is 12.4. The van der Waals surface area contributed by atoms with Crippen molar-refractivity contribution in [1.82, 2.24) is 15.2 Å². The minimum absolute atomic E-state index is 0.218. The fourth-order valence-electron chi connectivity index (χ4n) is 5.26. The van der Waals surface area contributed by atoms with E-state index >= 15 is 0 Å². The minimum Gasteiger partial charge on any atom is -0.381 e. The maximum atomic E-state index is 13.9. The lowest BCUT2D eigenvalue weighted by Crippen LogP contribution is -2.61. The molecule has 8 nitrogen and oxygen atoms in total. The number of hydrogen-bond acceptors (Lipinski definition) is 5. The molecule has 0 saturated carbocycles. The van der Waals surface area contributed by atoms with E-state index < -0.39 is 6.04 Å². The monoisotopic (exact) mass is 556 g/mol. The van der Waals surface area contributed by atoms with Gasteiger partial charge in [0.1, 0.15) is 6.04 Å². The standard InChI is InChI=1S/C28H30Cl2N4O4/c29-22-6-5-19(15-23(22)30)33-11-12-34(25(17-33)27(36)31-10-7-18-8-13-38-14-9-18)28(37)21-16-26(35)32-24-4-2-1-3-20(21)24/h1-6,15-16,18,25H,7-14,17H2,(H,31,36)(H,32,35). The molecule has 10 heteroatoms. The Bertz CT molecular complexity index is 1390. The lowest BCUT2D eigenvalue weighted by Gasteiger charge is -2.41. The Kier molecular flexibility index (Phi) is 8.21. The molecule has 3 heterocycles. The van der Waals surface area contributed by atoms with Gasteiger partial charge in [-0.25, -0.2) is 0 Å². The zero-order chi connectivity index (χ0) is 26.6. The molecule has 1 unspecified atom stereocenters. The Morgan fingerprint density at radius 3 is 2.61 bits per heavy atom. The van der Waals surface area contributed by atoms with Crippen molar-refractivity contribution in [2.24, 2.45) is 5.92 Å². The van der Waals surface area contributed by atoms with Gasteiger partial charge in [-0.1, -0.05) is 41.4 Å². The predicted octanol–water partition coefficient (Wildman–Crippen LogP) is 4.10. The van der Waals surface area contributed by atoms with Gasteiger partial charge < -0.3 is 24.8 Å². The third-order valence-corrected chi connectivity index (χ3v) is 8.12. The fourth-order valence-corrected chi connectivity index (χ4v) is 5.55. The fraction of sp³-hybridized carbons (Fsp3) is 0.393. The molecule has 38 heavy (non-hydrogen) atoms. The number of anilines is 1. The number of rotatable bonds is 6. The topological polar surface area (TPSA) is 94.7 Å². The van der Waals surface area contributed by atoms with Gasteiger partial charge in [-0.05, 0) is 49.4 Å². The maximum absolute atomic E-state index is 13.9. The molecule has 0 radical (unpaired) electrons. The SMILES string of the molecule is O=C(NCCC1CCOCC1)C1CN(c2ccc(Cl)c(Cl)c2)CCN1C(=O)c1cc(=O)[nH]c2ccccc12. The number of H-pyrrole nitrogens is 1. The summed E-state index contributed by atoms with van der Waals surface area (Å²) in [5.74, 6) is -0.0433. The summed E-state index contributed by atoms with van der Waals surface area (Å²) in [5, 5.41) is 4.58. The zero-order valence-electron chi connectivity index (χ0n) is 20.9. The minimum atomic E-state index is -0.751. The number of pyridine rings is 1. The molecule has 2 aliphatic rings.